The first kappa shape index (κ1) is 20.1. The van der Waals surface area contributed by atoms with Crippen molar-refractivity contribution in [2.24, 2.45) is 17.1 Å². The zero-order chi connectivity index (χ0) is 21.2. The minimum atomic E-state index is -1.67. The van der Waals surface area contributed by atoms with Crippen LogP contribution in [0.25, 0.3) is 0 Å². The molecule has 3 rings (SSSR count). The molecule has 0 unspecified atom stereocenters. The molecule has 0 amide bonds. The van der Waals surface area contributed by atoms with E-state index in [1.165, 1.54) is 7.11 Å². The quantitative estimate of drug-likeness (QED) is 0.788. The van der Waals surface area contributed by atoms with Crippen LogP contribution in [0.3, 0.4) is 0 Å². The molecular formula is C22H21N5O2. The van der Waals surface area contributed by atoms with Crippen LogP contribution in [0.2, 0.25) is 0 Å². The molecule has 0 saturated heterocycles. The van der Waals surface area contributed by atoms with E-state index in [4.69, 9.17) is 10.5 Å². The summed E-state index contributed by atoms with van der Waals surface area (Å²) in [6, 6.07) is 13.0. The number of nitrogens with zero attached hydrogens (tertiary/aromatic N) is 4. The number of esters is 1. The lowest BCUT2D eigenvalue weighted by Crippen LogP contribution is -2.48. The zero-order valence-corrected chi connectivity index (χ0v) is 16.3. The molecule has 0 radical (unpaired) electrons. The first-order valence-electron chi connectivity index (χ1n) is 9.31. The highest BCUT2D eigenvalue weighted by molar-refractivity contribution is 5.89. The van der Waals surface area contributed by atoms with Gasteiger partial charge in [-0.1, -0.05) is 25.1 Å². The fourth-order valence-electron chi connectivity index (χ4n) is 4.32. The Morgan fingerprint density at radius 2 is 1.93 bits per heavy atom. The highest BCUT2D eigenvalue weighted by Crippen LogP contribution is 2.54. The minimum Gasteiger partial charge on any atom is -0.465 e. The van der Waals surface area contributed by atoms with E-state index in [9.17, 15) is 20.6 Å². The van der Waals surface area contributed by atoms with E-state index in [1.807, 2.05) is 13.0 Å². The van der Waals surface area contributed by atoms with Crippen LogP contribution in [-0.4, -0.2) is 37.6 Å². The second kappa shape index (κ2) is 7.80. The van der Waals surface area contributed by atoms with Crippen molar-refractivity contribution in [3.05, 3.63) is 58.3 Å². The smallest absolute Gasteiger partial charge is 0.337 e. The van der Waals surface area contributed by atoms with Crippen LogP contribution in [0.5, 0.6) is 0 Å². The number of nitrogens with two attached hydrogens (primary N) is 1. The summed E-state index contributed by atoms with van der Waals surface area (Å²) in [6.45, 7) is 4.14. The molecule has 2 atom stereocenters. The van der Waals surface area contributed by atoms with Crippen molar-refractivity contribution in [3.63, 3.8) is 0 Å². The molecule has 0 aromatic heterocycles. The van der Waals surface area contributed by atoms with Gasteiger partial charge in [-0.3, -0.25) is 4.90 Å². The van der Waals surface area contributed by atoms with Crippen molar-refractivity contribution < 1.29 is 9.53 Å². The van der Waals surface area contributed by atoms with E-state index >= 15 is 0 Å². The Bertz CT molecular complexity index is 1000. The van der Waals surface area contributed by atoms with Crippen LogP contribution in [0.1, 0.15) is 28.8 Å². The number of ether oxygens (including phenoxy) is 1. The van der Waals surface area contributed by atoms with E-state index in [-0.39, 0.29) is 17.2 Å². The molecule has 1 heterocycles. The van der Waals surface area contributed by atoms with E-state index in [1.54, 1.807) is 24.3 Å². The molecule has 1 aromatic rings. The van der Waals surface area contributed by atoms with Crippen molar-refractivity contribution in [1.82, 2.24) is 4.90 Å². The maximum absolute atomic E-state index is 11.8. The first-order valence-corrected chi connectivity index (χ1v) is 9.31. The van der Waals surface area contributed by atoms with Gasteiger partial charge in [0.15, 0.2) is 5.41 Å². The van der Waals surface area contributed by atoms with Crippen molar-refractivity contribution in [3.8, 4) is 18.2 Å². The summed E-state index contributed by atoms with van der Waals surface area (Å²) in [7, 11) is 1.31. The van der Waals surface area contributed by atoms with Gasteiger partial charge in [0.2, 0.25) is 0 Å². The Morgan fingerprint density at radius 3 is 2.45 bits per heavy atom. The maximum Gasteiger partial charge on any atom is 0.337 e. The molecule has 7 nitrogen and oxygen atoms in total. The molecule has 0 saturated carbocycles. The number of hydrogen-bond donors (Lipinski definition) is 1. The Labute approximate surface area is 169 Å². The molecule has 2 aliphatic rings. The standard InChI is InChI=1S/C22H21N5O2/c1-3-27-9-8-16-17(10-23)20(26)22(12-24,13-25)19(18(16)11-27)14-4-6-15(7-5-14)21(28)29-2/h4-8,18-19H,3,9,11,26H2,1-2H3/t18-,19-/m1/s1. The summed E-state index contributed by atoms with van der Waals surface area (Å²) in [5, 5.41) is 29.8. The van der Waals surface area contributed by atoms with Gasteiger partial charge in [0.05, 0.1) is 36.1 Å². The summed E-state index contributed by atoms with van der Waals surface area (Å²) >= 11 is 0. The van der Waals surface area contributed by atoms with Crippen molar-refractivity contribution in [2.45, 2.75) is 12.8 Å². The topological polar surface area (TPSA) is 127 Å². The van der Waals surface area contributed by atoms with Gasteiger partial charge in [-0.05, 0) is 29.8 Å². The van der Waals surface area contributed by atoms with Crippen molar-refractivity contribution >= 4 is 5.97 Å². The van der Waals surface area contributed by atoms with Crippen molar-refractivity contribution in [1.29, 1.82) is 15.8 Å². The molecule has 146 valence electrons. The number of rotatable bonds is 3. The number of nitriles is 3. The van der Waals surface area contributed by atoms with E-state index in [0.717, 1.165) is 17.7 Å². The molecule has 1 aliphatic carbocycles. The Balaban J connectivity index is 2.23. The third-order valence-electron chi connectivity index (χ3n) is 5.88. The van der Waals surface area contributed by atoms with Gasteiger partial charge in [-0.15, -0.1) is 0 Å². The number of fused-ring (bicyclic) bond motifs is 1. The summed E-state index contributed by atoms with van der Waals surface area (Å²) in [6.07, 6.45) is 1.97. The average molecular weight is 387 g/mol. The number of carbonyl (C=O) groups is 1. The highest BCUT2D eigenvalue weighted by Gasteiger charge is 2.54. The molecule has 29 heavy (non-hydrogen) atoms. The minimum absolute atomic E-state index is 0.000470. The fraction of sp³-hybridized carbons (Fsp3) is 0.364. The number of methoxy groups -OCH3 is 1. The summed E-state index contributed by atoms with van der Waals surface area (Å²) < 4.78 is 4.74. The van der Waals surface area contributed by atoms with Gasteiger partial charge in [0, 0.05) is 24.9 Å². The van der Waals surface area contributed by atoms with Crippen LogP contribution in [0.4, 0.5) is 0 Å². The molecular weight excluding hydrogens is 366 g/mol. The van der Waals surface area contributed by atoms with Crippen LogP contribution in [-0.2, 0) is 4.74 Å². The Hall–Kier alpha value is -3.60. The lowest BCUT2D eigenvalue weighted by Gasteiger charge is -2.45. The number of likely N-dealkylation sites (N-methyl/N-ethyl adjacent to an activating group) is 1. The van der Waals surface area contributed by atoms with E-state index < -0.39 is 17.3 Å². The van der Waals surface area contributed by atoms with Crippen LogP contribution < -0.4 is 5.73 Å². The van der Waals surface area contributed by atoms with E-state index in [0.29, 0.717) is 18.7 Å². The second-order valence-electron chi connectivity index (χ2n) is 7.14. The Kier molecular flexibility index (Phi) is 5.41. The van der Waals surface area contributed by atoms with Gasteiger partial charge >= 0.3 is 5.97 Å². The first-order chi connectivity index (χ1) is 14.0. The summed E-state index contributed by atoms with van der Waals surface area (Å²) in [4.78, 5) is 14.0. The number of benzene rings is 1. The van der Waals surface area contributed by atoms with Crippen LogP contribution in [0, 0.1) is 45.3 Å². The average Bonchev–Trinajstić information content (AvgIpc) is 2.77. The SMILES string of the molecule is CCN1CC=C2C(C#N)=C(N)C(C#N)(C#N)[C@H](c3ccc(C(=O)OC)cc3)[C@@H]2C1. The predicted molar refractivity (Wildman–Crippen MR) is 105 cm³/mol. The van der Waals surface area contributed by atoms with Gasteiger partial charge in [-0.25, -0.2) is 4.79 Å². The summed E-state index contributed by atoms with van der Waals surface area (Å²) in [5.41, 5.74) is 6.72. The summed E-state index contributed by atoms with van der Waals surface area (Å²) in [5.74, 6) is -1.27. The van der Waals surface area contributed by atoms with Crippen LogP contribution >= 0.6 is 0 Å². The number of carbonyl (C=O) groups excluding carboxylic acids is 1. The van der Waals surface area contributed by atoms with Gasteiger partial charge < -0.3 is 10.5 Å². The lowest BCUT2D eigenvalue weighted by molar-refractivity contribution is 0.0600. The molecule has 0 spiro atoms. The Morgan fingerprint density at radius 1 is 1.28 bits per heavy atom. The third kappa shape index (κ3) is 3.05. The van der Waals surface area contributed by atoms with Gasteiger partial charge in [-0.2, -0.15) is 15.8 Å². The molecule has 1 aromatic carbocycles. The lowest BCUT2D eigenvalue weighted by atomic mass is 9.58. The second-order valence-corrected chi connectivity index (χ2v) is 7.14. The molecule has 0 fully saturated rings. The largest absolute Gasteiger partial charge is 0.465 e. The fourth-order valence-corrected chi connectivity index (χ4v) is 4.32. The normalized spacial score (nSPS) is 23.1. The molecule has 1 aliphatic heterocycles. The van der Waals surface area contributed by atoms with Crippen LogP contribution in [0.15, 0.2) is 47.2 Å². The maximum atomic E-state index is 11.8. The third-order valence-corrected chi connectivity index (χ3v) is 5.88. The number of allylic oxidation sites excluding steroid dienone is 2. The van der Waals surface area contributed by atoms with Gasteiger partial charge in [0.25, 0.3) is 0 Å². The van der Waals surface area contributed by atoms with Crippen molar-refractivity contribution in [2.75, 3.05) is 26.7 Å². The molecule has 7 heteroatoms. The molecule has 0 bridgehead atoms. The molecule has 2 N–H and O–H groups in total. The van der Waals surface area contributed by atoms with E-state index in [2.05, 4.69) is 23.1 Å². The monoisotopic (exact) mass is 387 g/mol. The predicted octanol–water partition coefficient (Wildman–Crippen LogP) is 2.22. The van der Waals surface area contributed by atoms with Gasteiger partial charge in [0.1, 0.15) is 6.07 Å². The number of hydrogen-bond acceptors (Lipinski definition) is 7. The highest BCUT2D eigenvalue weighted by atomic mass is 16.5. The zero-order valence-electron chi connectivity index (χ0n) is 16.3.